The van der Waals surface area contributed by atoms with Crippen LogP contribution in [-0.2, 0) is 0 Å². The van der Waals surface area contributed by atoms with E-state index in [2.05, 4.69) is 9.97 Å². The van der Waals surface area contributed by atoms with Gasteiger partial charge in [-0.1, -0.05) is 11.8 Å². The molecule has 2 aromatic rings. The van der Waals surface area contributed by atoms with Crippen LogP contribution in [-0.4, -0.2) is 21.5 Å². The lowest BCUT2D eigenvalue weighted by Crippen LogP contribution is -2.06. The Morgan fingerprint density at radius 2 is 1.94 bits per heavy atom. The van der Waals surface area contributed by atoms with Gasteiger partial charge in [0.2, 0.25) is 0 Å². The Balaban J connectivity index is 2.04. The van der Waals surface area contributed by atoms with E-state index in [1.54, 1.807) is 18.5 Å². The number of aromatic nitrogens is 2. The van der Waals surface area contributed by atoms with Crippen LogP contribution in [0.25, 0.3) is 0 Å². The first-order chi connectivity index (χ1) is 8.66. The second kappa shape index (κ2) is 5.68. The lowest BCUT2D eigenvalue weighted by atomic mass is 10.1. The van der Waals surface area contributed by atoms with Gasteiger partial charge in [0, 0.05) is 18.5 Å². The third-order valence-electron chi connectivity index (χ3n) is 2.11. The maximum Gasteiger partial charge on any atom is 0.187 e. The second-order valence-corrected chi connectivity index (χ2v) is 4.31. The van der Waals surface area contributed by atoms with Crippen molar-refractivity contribution in [3.8, 4) is 0 Å². The zero-order valence-electron chi connectivity index (χ0n) is 9.14. The van der Waals surface area contributed by atoms with Crippen molar-refractivity contribution in [3.63, 3.8) is 0 Å². The number of carbonyl (C=O) groups is 1. The number of hydrogen-bond donors (Lipinski definition) is 0. The van der Waals surface area contributed by atoms with Gasteiger partial charge in [0.1, 0.15) is 11.6 Å². The minimum absolute atomic E-state index is 0.00651. The Hall–Kier alpha value is -1.82. The third kappa shape index (κ3) is 3.10. The van der Waals surface area contributed by atoms with E-state index in [0.717, 1.165) is 23.9 Å². The van der Waals surface area contributed by atoms with Crippen LogP contribution in [0.5, 0.6) is 0 Å². The first-order valence-corrected chi connectivity index (χ1v) is 6.03. The van der Waals surface area contributed by atoms with Gasteiger partial charge in [0.25, 0.3) is 0 Å². The van der Waals surface area contributed by atoms with Crippen LogP contribution in [0.2, 0.25) is 0 Å². The molecule has 2 rings (SSSR count). The van der Waals surface area contributed by atoms with Gasteiger partial charge in [-0.3, -0.25) is 4.79 Å². The molecule has 0 bridgehead atoms. The molecule has 0 saturated heterocycles. The molecule has 0 amide bonds. The van der Waals surface area contributed by atoms with Gasteiger partial charge >= 0.3 is 0 Å². The molecule has 92 valence electrons. The quantitative estimate of drug-likeness (QED) is 0.485. The van der Waals surface area contributed by atoms with Crippen LogP contribution in [0.15, 0.2) is 41.8 Å². The summed E-state index contributed by atoms with van der Waals surface area (Å²) in [5.74, 6) is -1.98. The highest BCUT2D eigenvalue weighted by Gasteiger charge is 2.13. The summed E-state index contributed by atoms with van der Waals surface area (Å²) in [6, 6.07) is 4.54. The van der Waals surface area contributed by atoms with E-state index < -0.39 is 17.4 Å². The summed E-state index contributed by atoms with van der Waals surface area (Å²) in [5, 5.41) is 0.438. The standard InChI is InChI=1S/C12H8F2N2OS/c13-8-2-3-9(10(14)6-8)11(17)7-18-12-15-4-1-5-16-12/h1-6H,7H2. The first-order valence-electron chi connectivity index (χ1n) is 5.05. The zero-order chi connectivity index (χ0) is 13.0. The highest BCUT2D eigenvalue weighted by atomic mass is 32.2. The molecular weight excluding hydrogens is 258 g/mol. The van der Waals surface area contributed by atoms with Crippen molar-refractivity contribution in [3.05, 3.63) is 53.9 Å². The molecule has 0 atom stereocenters. The monoisotopic (exact) mass is 266 g/mol. The highest BCUT2D eigenvalue weighted by Crippen LogP contribution is 2.16. The summed E-state index contributed by atoms with van der Waals surface area (Å²) in [6.45, 7) is 0. The fourth-order valence-corrected chi connectivity index (χ4v) is 1.97. The van der Waals surface area contributed by atoms with E-state index >= 15 is 0 Å². The van der Waals surface area contributed by atoms with Crippen molar-refractivity contribution in [2.45, 2.75) is 5.16 Å². The molecule has 0 N–H and O–H groups in total. The number of rotatable bonds is 4. The van der Waals surface area contributed by atoms with Gasteiger partial charge in [0.15, 0.2) is 10.9 Å². The van der Waals surface area contributed by atoms with E-state index in [0.29, 0.717) is 11.2 Å². The fraction of sp³-hybridized carbons (Fsp3) is 0.0833. The number of hydrogen-bond acceptors (Lipinski definition) is 4. The summed E-state index contributed by atoms with van der Waals surface area (Å²) < 4.78 is 26.0. The molecular formula is C12H8F2N2OS. The summed E-state index contributed by atoms with van der Waals surface area (Å²) in [7, 11) is 0. The predicted octanol–water partition coefficient (Wildman–Crippen LogP) is 2.73. The number of nitrogens with zero attached hydrogens (tertiary/aromatic N) is 2. The molecule has 1 heterocycles. The number of thioether (sulfide) groups is 1. The maximum atomic E-state index is 13.3. The minimum atomic E-state index is -0.852. The van der Waals surface area contributed by atoms with E-state index in [4.69, 9.17) is 0 Å². The fourth-order valence-electron chi connectivity index (χ4n) is 1.28. The molecule has 0 saturated carbocycles. The third-order valence-corrected chi connectivity index (χ3v) is 2.98. The molecule has 6 heteroatoms. The Morgan fingerprint density at radius 1 is 1.22 bits per heavy atom. The predicted molar refractivity (Wildman–Crippen MR) is 63.4 cm³/mol. The van der Waals surface area contributed by atoms with Crippen LogP contribution in [0.3, 0.4) is 0 Å². The molecule has 0 spiro atoms. The van der Waals surface area contributed by atoms with Crippen molar-refractivity contribution in [1.82, 2.24) is 9.97 Å². The molecule has 3 nitrogen and oxygen atoms in total. The lowest BCUT2D eigenvalue weighted by molar-refractivity contribution is 0.101. The van der Waals surface area contributed by atoms with Gasteiger partial charge in [-0.05, 0) is 18.2 Å². The normalized spacial score (nSPS) is 10.3. The van der Waals surface area contributed by atoms with Crippen LogP contribution in [0.4, 0.5) is 8.78 Å². The molecule has 1 aromatic carbocycles. The van der Waals surface area contributed by atoms with Crippen LogP contribution in [0, 0.1) is 11.6 Å². The Bertz CT molecular complexity index is 563. The molecule has 1 aromatic heterocycles. The van der Waals surface area contributed by atoms with E-state index in [1.807, 2.05) is 0 Å². The molecule has 18 heavy (non-hydrogen) atoms. The number of halogens is 2. The van der Waals surface area contributed by atoms with E-state index in [1.165, 1.54) is 0 Å². The zero-order valence-corrected chi connectivity index (χ0v) is 9.95. The summed E-state index contributed by atoms with van der Waals surface area (Å²) in [6.07, 6.45) is 3.11. The molecule has 0 unspecified atom stereocenters. The topological polar surface area (TPSA) is 42.9 Å². The average molecular weight is 266 g/mol. The Morgan fingerprint density at radius 3 is 2.61 bits per heavy atom. The summed E-state index contributed by atoms with van der Waals surface area (Å²) in [5.41, 5.74) is -0.125. The Kier molecular flexibility index (Phi) is 3.99. The number of benzene rings is 1. The van der Waals surface area contributed by atoms with Crippen molar-refractivity contribution in [2.75, 3.05) is 5.75 Å². The van der Waals surface area contributed by atoms with E-state index in [-0.39, 0.29) is 11.3 Å². The van der Waals surface area contributed by atoms with Crippen LogP contribution >= 0.6 is 11.8 Å². The second-order valence-electron chi connectivity index (χ2n) is 3.37. The minimum Gasteiger partial charge on any atom is -0.293 e. The van der Waals surface area contributed by atoms with Crippen molar-refractivity contribution in [1.29, 1.82) is 0 Å². The van der Waals surface area contributed by atoms with Crippen LogP contribution < -0.4 is 0 Å². The molecule has 0 aliphatic carbocycles. The van der Waals surface area contributed by atoms with Gasteiger partial charge in [0.05, 0.1) is 11.3 Å². The first kappa shape index (κ1) is 12.6. The number of Topliss-reactive ketones (excluding diaryl/α,β-unsaturated/α-hetero) is 1. The molecule has 0 aliphatic heterocycles. The smallest absolute Gasteiger partial charge is 0.187 e. The lowest BCUT2D eigenvalue weighted by Gasteiger charge is -2.02. The maximum absolute atomic E-state index is 13.3. The molecule has 0 radical (unpaired) electrons. The van der Waals surface area contributed by atoms with Crippen molar-refractivity contribution in [2.24, 2.45) is 0 Å². The van der Waals surface area contributed by atoms with Crippen LogP contribution in [0.1, 0.15) is 10.4 Å². The Labute approximate surface area is 106 Å². The summed E-state index contributed by atoms with van der Waals surface area (Å²) in [4.78, 5) is 19.6. The van der Waals surface area contributed by atoms with Gasteiger partial charge in [-0.25, -0.2) is 18.7 Å². The average Bonchev–Trinajstić information content (AvgIpc) is 2.37. The largest absolute Gasteiger partial charge is 0.293 e. The van der Waals surface area contributed by atoms with E-state index in [9.17, 15) is 13.6 Å². The summed E-state index contributed by atoms with van der Waals surface area (Å²) >= 11 is 1.10. The number of carbonyl (C=O) groups excluding carboxylic acids is 1. The molecule has 0 fully saturated rings. The van der Waals surface area contributed by atoms with Crippen molar-refractivity contribution >= 4 is 17.5 Å². The van der Waals surface area contributed by atoms with Gasteiger partial charge < -0.3 is 0 Å². The number of ketones is 1. The highest BCUT2D eigenvalue weighted by molar-refractivity contribution is 7.99. The van der Waals surface area contributed by atoms with Gasteiger partial charge in [-0.15, -0.1) is 0 Å². The van der Waals surface area contributed by atoms with Gasteiger partial charge in [-0.2, -0.15) is 0 Å². The molecule has 0 aliphatic rings. The SMILES string of the molecule is O=C(CSc1ncccn1)c1ccc(F)cc1F. The van der Waals surface area contributed by atoms with Crippen molar-refractivity contribution < 1.29 is 13.6 Å².